The molecule has 3 N–H and O–H groups in total. The van der Waals surface area contributed by atoms with E-state index in [1.807, 2.05) is 0 Å². The lowest BCUT2D eigenvalue weighted by atomic mass is 10.2. The second-order valence-electron chi connectivity index (χ2n) is 5.40. The van der Waals surface area contributed by atoms with Crippen LogP contribution in [0.4, 0.5) is 10.1 Å². The minimum absolute atomic E-state index is 0.0378. The van der Waals surface area contributed by atoms with E-state index in [9.17, 15) is 12.8 Å². The van der Waals surface area contributed by atoms with Crippen molar-refractivity contribution < 1.29 is 12.8 Å². The highest BCUT2D eigenvalue weighted by Crippen LogP contribution is 2.26. The first-order chi connectivity index (χ1) is 9.85. The van der Waals surface area contributed by atoms with Crippen molar-refractivity contribution in [1.82, 2.24) is 9.62 Å². The predicted molar refractivity (Wildman–Crippen MR) is 81.0 cm³/mol. The Kier molecular flexibility index (Phi) is 4.85. The van der Waals surface area contributed by atoms with E-state index in [1.54, 1.807) is 6.92 Å². The highest BCUT2D eigenvalue weighted by Gasteiger charge is 2.27. The average Bonchev–Trinajstić information content (AvgIpc) is 3.23. The van der Waals surface area contributed by atoms with Crippen molar-refractivity contribution in [1.29, 1.82) is 0 Å². The van der Waals surface area contributed by atoms with Crippen molar-refractivity contribution in [2.45, 2.75) is 37.6 Å². The Balaban J connectivity index is 2.03. The van der Waals surface area contributed by atoms with E-state index < -0.39 is 15.8 Å². The van der Waals surface area contributed by atoms with Crippen LogP contribution in [0.5, 0.6) is 0 Å². The number of sulfonamides is 1. The van der Waals surface area contributed by atoms with Gasteiger partial charge in [-0.3, -0.25) is 4.90 Å². The van der Waals surface area contributed by atoms with E-state index in [-0.39, 0.29) is 10.6 Å². The number of rotatable bonds is 7. The smallest absolute Gasteiger partial charge is 0.240 e. The molecule has 0 saturated heterocycles. The number of likely N-dealkylation sites (N-methyl/N-ethyl adjacent to an activating group) is 1. The van der Waals surface area contributed by atoms with Crippen molar-refractivity contribution in [3.8, 4) is 0 Å². The van der Waals surface area contributed by atoms with Crippen LogP contribution < -0.4 is 10.5 Å². The topological polar surface area (TPSA) is 75.4 Å². The lowest BCUT2D eigenvalue weighted by molar-refractivity contribution is 0.282. The Morgan fingerprint density at radius 1 is 1.43 bits per heavy atom. The van der Waals surface area contributed by atoms with Gasteiger partial charge in [0.2, 0.25) is 10.0 Å². The van der Waals surface area contributed by atoms with Gasteiger partial charge in [0.25, 0.3) is 0 Å². The van der Waals surface area contributed by atoms with E-state index in [0.717, 1.165) is 12.6 Å². The first-order valence-electron chi connectivity index (χ1n) is 7.14. The van der Waals surface area contributed by atoms with Gasteiger partial charge in [0, 0.05) is 19.1 Å². The third kappa shape index (κ3) is 3.93. The maximum atomic E-state index is 13.3. The van der Waals surface area contributed by atoms with E-state index in [0.29, 0.717) is 24.7 Å². The molecule has 1 aromatic carbocycles. The highest BCUT2D eigenvalue weighted by molar-refractivity contribution is 7.89. The summed E-state index contributed by atoms with van der Waals surface area (Å²) in [5.74, 6) is -0.600. The van der Waals surface area contributed by atoms with Gasteiger partial charge < -0.3 is 5.73 Å². The fourth-order valence-electron chi connectivity index (χ4n) is 2.40. The molecule has 0 unspecified atom stereocenters. The minimum Gasteiger partial charge on any atom is -0.396 e. The van der Waals surface area contributed by atoms with Gasteiger partial charge in [0.15, 0.2) is 0 Å². The molecule has 1 saturated carbocycles. The number of halogens is 1. The van der Waals surface area contributed by atoms with Crippen LogP contribution in [-0.2, 0) is 10.0 Å². The molecule has 0 bridgehead atoms. The van der Waals surface area contributed by atoms with E-state index in [4.69, 9.17) is 5.73 Å². The van der Waals surface area contributed by atoms with E-state index in [1.165, 1.54) is 18.9 Å². The molecule has 0 heterocycles. The van der Waals surface area contributed by atoms with Crippen LogP contribution in [-0.4, -0.2) is 39.0 Å². The lowest BCUT2D eigenvalue weighted by Gasteiger charge is -2.20. The molecule has 0 radical (unpaired) electrons. The standard InChI is InChI=1S/C14H22FN3O2S/c1-3-18(11-4-5-11)7-6-17-21(19,20)14-9-13(16)12(15)8-10(14)2/h8-9,11,17H,3-7,16H2,1-2H3. The summed E-state index contributed by atoms with van der Waals surface area (Å²) >= 11 is 0. The number of hydrogen-bond acceptors (Lipinski definition) is 4. The van der Waals surface area contributed by atoms with Crippen LogP contribution in [0.1, 0.15) is 25.3 Å². The molecular formula is C14H22FN3O2S. The van der Waals surface area contributed by atoms with Gasteiger partial charge in [0.05, 0.1) is 10.6 Å². The van der Waals surface area contributed by atoms with Crippen molar-refractivity contribution in [3.05, 3.63) is 23.5 Å². The molecular weight excluding hydrogens is 293 g/mol. The third-order valence-corrected chi connectivity index (χ3v) is 5.35. The number of nitrogens with one attached hydrogen (secondary N) is 1. The normalized spacial score (nSPS) is 15.6. The summed E-state index contributed by atoms with van der Waals surface area (Å²) in [6, 6.07) is 2.92. The summed E-state index contributed by atoms with van der Waals surface area (Å²) in [7, 11) is -3.66. The SMILES string of the molecule is CCN(CCNS(=O)(=O)c1cc(N)c(F)cc1C)C1CC1. The van der Waals surface area contributed by atoms with Crippen LogP contribution in [0.3, 0.4) is 0 Å². The highest BCUT2D eigenvalue weighted by atomic mass is 32.2. The number of anilines is 1. The predicted octanol–water partition coefficient (Wildman–Crippen LogP) is 1.48. The summed E-state index contributed by atoms with van der Waals surface area (Å²) in [5, 5.41) is 0. The maximum Gasteiger partial charge on any atom is 0.240 e. The molecule has 0 amide bonds. The van der Waals surface area contributed by atoms with E-state index in [2.05, 4.69) is 16.5 Å². The van der Waals surface area contributed by atoms with Crippen LogP contribution >= 0.6 is 0 Å². The molecule has 1 aromatic rings. The molecule has 1 aliphatic carbocycles. The Hall–Kier alpha value is -1.18. The van der Waals surface area contributed by atoms with Crippen LogP contribution in [0, 0.1) is 12.7 Å². The molecule has 7 heteroatoms. The maximum absolute atomic E-state index is 13.3. The number of aryl methyl sites for hydroxylation is 1. The largest absolute Gasteiger partial charge is 0.396 e. The molecule has 1 aliphatic rings. The van der Waals surface area contributed by atoms with Crippen molar-refractivity contribution in [3.63, 3.8) is 0 Å². The van der Waals surface area contributed by atoms with Gasteiger partial charge in [-0.2, -0.15) is 0 Å². The van der Waals surface area contributed by atoms with Gasteiger partial charge in [-0.05, 0) is 44.0 Å². The fraction of sp³-hybridized carbons (Fsp3) is 0.571. The Morgan fingerprint density at radius 3 is 2.67 bits per heavy atom. The zero-order chi connectivity index (χ0) is 15.6. The average molecular weight is 315 g/mol. The molecule has 0 spiro atoms. The van der Waals surface area contributed by atoms with Gasteiger partial charge in [-0.15, -0.1) is 0 Å². The van der Waals surface area contributed by atoms with Gasteiger partial charge in [0.1, 0.15) is 5.82 Å². The van der Waals surface area contributed by atoms with Gasteiger partial charge in [-0.1, -0.05) is 6.92 Å². The zero-order valence-electron chi connectivity index (χ0n) is 12.4. The fourth-order valence-corrected chi connectivity index (χ4v) is 3.68. The quantitative estimate of drug-likeness (QED) is 0.747. The molecule has 2 rings (SSSR count). The molecule has 118 valence electrons. The van der Waals surface area contributed by atoms with E-state index >= 15 is 0 Å². The molecule has 0 atom stereocenters. The second-order valence-corrected chi connectivity index (χ2v) is 7.13. The number of nitrogens with zero attached hydrogens (tertiary/aromatic N) is 1. The summed E-state index contributed by atoms with van der Waals surface area (Å²) < 4.78 is 40.4. The molecule has 0 aliphatic heterocycles. The Bertz CT molecular complexity index is 615. The van der Waals surface area contributed by atoms with Crippen LogP contribution in [0.15, 0.2) is 17.0 Å². The van der Waals surface area contributed by atoms with Crippen LogP contribution in [0.25, 0.3) is 0 Å². The zero-order valence-corrected chi connectivity index (χ0v) is 13.2. The van der Waals surface area contributed by atoms with Crippen LogP contribution in [0.2, 0.25) is 0 Å². The van der Waals surface area contributed by atoms with Gasteiger partial charge in [-0.25, -0.2) is 17.5 Å². The summed E-state index contributed by atoms with van der Waals surface area (Å²) in [4.78, 5) is 2.30. The number of hydrogen-bond donors (Lipinski definition) is 2. The second kappa shape index (κ2) is 6.29. The molecule has 21 heavy (non-hydrogen) atoms. The first kappa shape index (κ1) is 16.2. The summed E-state index contributed by atoms with van der Waals surface area (Å²) in [6.45, 7) is 5.55. The monoisotopic (exact) mass is 315 g/mol. The van der Waals surface area contributed by atoms with Crippen molar-refractivity contribution >= 4 is 15.7 Å². The third-order valence-electron chi connectivity index (χ3n) is 3.74. The number of benzene rings is 1. The summed E-state index contributed by atoms with van der Waals surface area (Å²) in [6.07, 6.45) is 2.38. The first-order valence-corrected chi connectivity index (χ1v) is 8.62. The number of nitrogen functional groups attached to an aromatic ring is 1. The van der Waals surface area contributed by atoms with Crippen molar-refractivity contribution in [2.24, 2.45) is 0 Å². The Morgan fingerprint density at radius 2 is 2.10 bits per heavy atom. The van der Waals surface area contributed by atoms with Gasteiger partial charge >= 0.3 is 0 Å². The Labute approximate surface area is 125 Å². The van der Waals surface area contributed by atoms with Crippen molar-refractivity contribution in [2.75, 3.05) is 25.4 Å². The lowest BCUT2D eigenvalue weighted by Crippen LogP contribution is -2.36. The molecule has 0 aromatic heterocycles. The molecule has 5 nitrogen and oxygen atoms in total. The minimum atomic E-state index is -3.66. The molecule has 1 fully saturated rings. The summed E-state index contributed by atoms with van der Waals surface area (Å²) in [5.41, 5.74) is 5.65. The number of nitrogens with two attached hydrogens (primary N) is 1.